The lowest BCUT2D eigenvalue weighted by atomic mass is 9.73. The van der Waals surface area contributed by atoms with Crippen LogP contribution < -0.4 is 0 Å². The van der Waals surface area contributed by atoms with Crippen molar-refractivity contribution in [3.8, 4) is 6.07 Å². The highest BCUT2D eigenvalue weighted by molar-refractivity contribution is 5.86. The number of halogens is 3. The highest BCUT2D eigenvalue weighted by Gasteiger charge is 2.81. The molecule has 0 N–H and O–H groups in total. The zero-order chi connectivity index (χ0) is 69.2. The Kier molecular flexibility index (Phi) is 20.4. The molecule has 4 saturated carbocycles. The molecule has 94 heavy (non-hydrogen) atoms. The van der Waals surface area contributed by atoms with Crippen LogP contribution in [0.25, 0.3) is 0 Å². The van der Waals surface area contributed by atoms with E-state index in [-0.39, 0.29) is 67.0 Å². The van der Waals surface area contributed by atoms with Crippen molar-refractivity contribution in [3.63, 3.8) is 0 Å². The minimum absolute atomic E-state index is 0.0284. The van der Waals surface area contributed by atoms with Crippen molar-refractivity contribution >= 4 is 65.7 Å². The van der Waals surface area contributed by atoms with Crippen LogP contribution in [0.4, 0.5) is 13.2 Å². The number of alkyl halides is 3. The molecule has 4 aliphatic carbocycles. The van der Waals surface area contributed by atoms with Crippen molar-refractivity contribution in [2.45, 2.75) is 233 Å². The first-order valence-electron chi connectivity index (χ1n) is 32.5. The zero-order valence-electron chi connectivity index (χ0n) is 55.0. The van der Waals surface area contributed by atoms with E-state index in [1.54, 1.807) is 48.5 Å². The van der Waals surface area contributed by atoms with Crippen molar-refractivity contribution in [2.24, 2.45) is 68.0 Å². The second kappa shape index (κ2) is 26.7. The standard InChI is InChI=1S/C17H21F3O6.C17H26O5.C16H19NO7.C15H20O7/c1-4-15(2,3)13(22)24-7-10(21)25-11-8-5-9-12(11)26-14(23)16(9,6-8)17(18,19)20;1-4-17(2,3)16(19)21-7-5-6-20-13-10-8-11-12(9-10)15(18)22-14(11)13;1-4-15(2,3)13(19)21-6-9(18)23-10-8-5-16(7-17)12(22-8)11(10)24-14(16)20;1-4-15(2,3)14(18)19-6-9(16)21-11-8-5-7-10(20-8)12(11)22-13(7)17/h8-9,11-12H,4-7H2,1-3H3;10-14H,4-9H2,1-3H3;8,10-12H,4-6H2,1-3H3;7-8,10-12H,4-6H2,1-3H3. The van der Waals surface area contributed by atoms with Gasteiger partial charge < -0.3 is 66.3 Å². The number of carbonyl (C=O) groups is 11. The van der Waals surface area contributed by atoms with E-state index in [0.29, 0.717) is 57.2 Å². The monoisotopic (exact) mass is 1340 g/mol. The summed E-state index contributed by atoms with van der Waals surface area (Å²) in [5, 5.41) is 9.25. The molecule has 12 fully saturated rings. The molecule has 0 radical (unpaired) electrons. The van der Waals surface area contributed by atoms with Gasteiger partial charge in [-0.05, 0) is 119 Å². The minimum Gasteiger partial charge on any atom is -0.465 e. The lowest BCUT2D eigenvalue weighted by Gasteiger charge is -2.33. The van der Waals surface area contributed by atoms with Crippen molar-refractivity contribution in [1.82, 2.24) is 0 Å². The van der Waals surface area contributed by atoms with Crippen LogP contribution in [0.2, 0.25) is 0 Å². The molecule has 26 nitrogen and oxygen atoms in total. The van der Waals surface area contributed by atoms with E-state index in [1.165, 1.54) is 0 Å². The molecule has 522 valence electrons. The Morgan fingerprint density at radius 2 is 1.00 bits per heavy atom. The van der Waals surface area contributed by atoms with Gasteiger partial charge in [0, 0.05) is 30.6 Å². The van der Waals surface area contributed by atoms with E-state index in [0.717, 1.165) is 19.3 Å². The number of nitrogens with zero attached hydrogens (tertiary/aromatic N) is 1. The first-order valence-corrected chi connectivity index (χ1v) is 32.5. The van der Waals surface area contributed by atoms with Gasteiger partial charge in [0.15, 0.2) is 55.1 Å². The van der Waals surface area contributed by atoms with Crippen molar-refractivity contribution in [3.05, 3.63) is 0 Å². The largest absolute Gasteiger partial charge is 0.465 e. The van der Waals surface area contributed by atoms with E-state index in [1.807, 2.05) is 40.7 Å². The number of hydrogen-bond acceptors (Lipinski definition) is 26. The van der Waals surface area contributed by atoms with Gasteiger partial charge in [0.2, 0.25) is 0 Å². The molecule has 29 heteroatoms. The average molecular weight is 1340 g/mol. The molecule has 0 aromatic carbocycles. The molecular formula is C65H86F3NO25. The summed E-state index contributed by atoms with van der Waals surface area (Å²) in [5.74, 6) is -6.98. The third kappa shape index (κ3) is 13.2. The first-order chi connectivity index (χ1) is 44.0. The van der Waals surface area contributed by atoms with Gasteiger partial charge in [0.05, 0.1) is 65.0 Å². The number of nitriles is 1. The zero-order valence-corrected chi connectivity index (χ0v) is 55.0. The van der Waals surface area contributed by atoms with Gasteiger partial charge in [-0.15, -0.1) is 0 Å². The normalized spacial score (nSPS) is 35.7. The van der Waals surface area contributed by atoms with Crippen LogP contribution in [0, 0.1) is 79.3 Å². The maximum absolute atomic E-state index is 13.4. The quantitative estimate of drug-likeness (QED) is 0.0703. The summed E-state index contributed by atoms with van der Waals surface area (Å²) in [6.45, 7) is 20.9. The number of esters is 11. The van der Waals surface area contributed by atoms with Crippen molar-refractivity contribution in [1.29, 1.82) is 5.26 Å². The summed E-state index contributed by atoms with van der Waals surface area (Å²) >= 11 is 0. The maximum Gasteiger partial charge on any atom is 0.405 e. The van der Waals surface area contributed by atoms with Crippen LogP contribution in [-0.4, -0.2) is 178 Å². The topological polar surface area (TPSA) is 341 Å². The molecule has 8 bridgehead atoms. The van der Waals surface area contributed by atoms with Gasteiger partial charge in [-0.25, -0.2) is 14.4 Å². The average Bonchev–Trinajstić information content (AvgIpc) is 1.53. The maximum atomic E-state index is 13.4. The van der Waals surface area contributed by atoms with Gasteiger partial charge in [-0.1, -0.05) is 27.7 Å². The van der Waals surface area contributed by atoms with Crippen LogP contribution in [0.15, 0.2) is 0 Å². The second-order valence-corrected chi connectivity index (χ2v) is 29.1. The molecule has 12 rings (SSSR count). The van der Waals surface area contributed by atoms with Crippen molar-refractivity contribution in [2.75, 3.05) is 33.0 Å². The molecule has 20 atom stereocenters. The lowest BCUT2D eigenvalue weighted by Crippen LogP contribution is -2.48. The summed E-state index contributed by atoms with van der Waals surface area (Å²) in [5.41, 5.74) is -6.23. The molecule has 8 heterocycles. The van der Waals surface area contributed by atoms with Crippen LogP contribution >= 0.6 is 0 Å². The predicted molar refractivity (Wildman–Crippen MR) is 306 cm³/mol. The number of carbonyl (C=O) groups excluding carboxylic acids is 11. The van der Waals surface area contributed by atoms with E-state index in [9.17, 15) is 71.2 Å². The van der Waals surface area contributed by atoms with Gasteiger partial charge >= 0.3 is 71.8 Å². The summed E-state index contributed by atoms with van der Waals surface area (Å²) in [6.07, 6.45) is -5.74. The molecular weight excluding hydrogens is 1250 g/mol. The highest BCUT2D eigenvalue weighted by Crippen LogP contribution is 2.68. The molecule has 0 spiro atoms. The van der Waals surface area contributed by atoms with Gasteiger partial charge in [-0.2, -0.15) is 18.4 Å². The molecule has 8 saturated heterocycles. The fourth-order valence-corrected chi connectivity index (χ4v) is 14.4. The number of hydrogen-bond donors (Lipinski definition) is 0. The van der Waals surface area contributed by atoms with E-state index < -0.39 is 173 Å². The Morgan fingerprint density at radius 3 is 1.52 bits per heavy atom. The molecule has 12 aliphatic rings. The highest BCUT2D eigenvalue weighted by atomic mass is 19.4. The summed E-state index contributed by atoms with van der Waals surface area (Å²) in [4.78, 5) is 130. The summed E-state index contributed by atoms with van der Waals surface area (Å²) in [6, 6.07) is 1.98. The van der Waals surface area contributed by atoms with Gasteiger partial charge in [-0.3, -0.25) is 38.4 Å². The van der Waals surface area contributed by atoms with Crippen LogP contribution in [0.5, 0.6) is 0 Å². The van der Waals surface area contributed by atoms with Crippen molar-refractivity contribution < 1.29 is 132 Å². The molecule has 20 unspecified atom stereocenters. The number of fused-ring (bicyclic) bond motifs is 4. The SMILES string of the molecule is CCC(C)(C)C(=O)OCC(=O)OC1C2CC3(C#N)C(=O)OC1C3O2.CCC(C)(C)C(=O)OCC(=O)OC1C2CC3C(=O)OC1C3O2.CCC(C)(C)C(=O)OCC(=O)OC1C2CC3C1OC(=O)C3(C(F)(F)F)C2.CCC(C)(C)C(=O)OCCCOC1C2CC3C(=O)OC1C3C2. The minimum atomic E-state index is -4.69. The Hall–Kier alpha value is -6.67. The lowest BCUT2D eigenvalue weighted by molar-refractivity contribution is -0.231. The van der Waals surface area contributed by atoms with Crippen LogP contribution in [-0.2, 0) is 119 Å². The smallest absolute Gasteiger partial charge is 0.405 e. The molecule has 0 amide bonds. The second-order valence-electron chi connectivity index (χ2n) is 29.1. The summed E-state index contributed by atoms with van der Waals surface area (Å²) < 4.78 is 114. The van der Waals surface area contributed by atoms with Gasteiger partial charge in [0.25, 0.3) is 0 Å². The Bertz CT molecular complexity index is 3050. The predicted octanol–water partition coefficient (Wildman–Crippen LogP) is 5.79. The van der Waals surface area contributed by atoms with E-state index >= 15 is 0 Å². The molecule has 8 aliphatic heterocycles. The third-order valence-electron chi connectivity index (χ3n) is 21.7. The van der Waals surface area contributed by atoms with E-state index in [4.69, 9.17) is 66.3 Å². The summed E-state index contributed by atoms with van der Waals surface area (Å²) in [7, 11) is 0. The van der Waals surface area contributed by atoms with E-state index in [2.05, 4.69) is 0 Å². The number of rotatable bonds is 22. The first kappa shape index (κ1) is 71.6. The van der Waals surface area contributed by atoms with Gasteiger partial charge in [0.1, 0.15) is 36.6 Å². The third-order valence-corrected chi connectivity index (χ3v) is 21.7. The Labute approximate surface area is 541 Å². The van der Waals surface area contributed by atoms with Crippen LogP contribution in [0.1, 0.15) is 154 Å². The molecule has 0 aromatic heterocycles. The fourth-order valence-electron chi connectivity index (χ4n) is 14.4. The van der Waals surface area contributed by atoms with Crippen LogP contribution in [0.3, 0.4) is 0 Å². The number of ether oxygens (including phenoxy) is 14. The molecule has 0 aromatic rings. The Morgan fingerprint density at radius 1 is 0.511 bits per heavy atom. The fraction of sp³-hybridized carbons (Fsp3) is 0.815. The Balaban J connectivity index is 0.000000148.